The van der Waals surface area contributed by atoms with Gasteiger partial charge >= 0.3 is 0 Å². The number of amides is 1. The van der Waals surface area contributed by atoms with Crippen molar-refractivity contribution in [3.8, 4) is 17.2 Å². The number of halogens is 1. The van der Waals surface area contributed by atoms with Crippen molar-refractivity contribution in [1.82, 2.24) is 5.32 Å². The molecule has 1 N–H and O–H groups in total. The van der Waals surface area contributed by atoms with Crippen molar-refractivity contribution < 1.29 is 19.0 Å². The Morgan fingerprint density at radius 2 is 1.89 bits per heavy atom. The normalized spacial score (nSPS) is 13.2. The molecule has 1 heterocycles. The lowest BCUT2D eigenvalue weighted by Crippen LogP contribution is -2.39. The molecule has 0 saturated carbocycles. The van der Waals surface area contributed by atoms with E-state index in [0.717, 1.165) is 22.6 Å². The molecule has 27 heavy (non-hydrogen) atoms. The van der Waals surface area contributed by atoms with Gasteiger partial charge in [0.1, 0.15) is 19.0 Å². The molecule has 0 spiro atoms. The molecule has 0 aromatic heterocycles. The zero-order valence-electron chi connectivity index (χ0n) is 15.8. The highest BCUT2D eigenvalue weighted by atomic mass is 35.5. The van der Waals surface area contributed by atoms with Gasteiger partial charge in [0.25, 0.3) is 5.91 Å². The topological polar surface area (TPSA) is 56.8 Å². The predicted molar refractivity (Wildman–Crippen MR) is 105 cm³/mol. The lowest BCUT2D eigenvalue weighted by Gasteiger charge is -2.27. The minimum atomic E-state index is -0.262. The molecule has 2 aromatic carbocycles. The minimum absolute atomic E-state index is 0.0434. The maximum atomic E-state index is 12.2. The van der Waals surface area contributed by atoms with E-state index in [1.54, 1.807) is 12.1 Å². The summed E-state index contributed by atoms with van der Waals surface area (Å²) in [5.41, 5.74) is 1.72. The smallest absolute Gasteiger partial charge is 0.257 e. The Balaban J connectivity index is 1.54. The lowest BCUT2D eigenvalue weighted by molar-refractivity contribution is -0.123. The fraction of sp³-hybridized carbons (Fsp3) is 0.381. The van der Waals surface area contributed by atoms with Crippen LogP contribution in [-0.4, -0.2) is 32.3 Å². The Bertz CT molecular complexity index is 835. The summed E-state index contributed by atoms with van der Waals surface area (Å²) >= 11 is 5.99. The SMILES string of the molecule is Cc1cc(OCC(=O)NCC(C)(C)c2ccc3c(c2)OCCO3)ccc1Cl. The summed E-state index contributed by atoms with van der Waals surface area (Å²) in [5, 5.41) is 3.61. The van der Waals surface area contributed by atoms with Gasteiger partial charge in [-0.2, -0.15) is 0 Å². The molecule has 3 rings (SSSR count). The van der Waals surface area contributed by atoms with Crippen molar-refractivity contribution in [3.63, 3.8) is 0 Å². The molecule has 0 saturated heterocycles. The van der Waals surface area contributed by atoms with Crippen LogP contribution in [0.5, 0.6) is 17.2 Å². The largest absolute Gasteiger partial charge is 0.486 e. The van der Waals surface area contributed by atoms with Crippen LogP contribution in [-0.2, 0) is 10.2 Å². The molecule has 144 valence electrons. The highest BCUT2D eigenvalue weighted by Crippen LogP contribution is 2.34. The summed E-state index contributed by atoms with van der Waals surface area (Å²) in [4.78, 5) is 12.2. The van der Waals surface area contributed by atoms with E-state index in [-0.39, 0.29) is 17.9 Å². The number of hydrogen-bond donors (Lipinski definition) is 1. The van der Waals surface area contributed by atoms with Crippen LogP contribution in [0.4, 0.5) is 0 Å². The molecular formula is C21H24ClNO4. The van der Waals surface area contributed by atoms with Crippen molar-refractivity contribution in [2.75, 3.05) is 26.4 Å². The number of rotatable bonds is 6. The van der Waals surface area contributed by atoms with E-state index in [4.69, 9.17) is 25.8 Å². The second-order valence-corrected chi connectivity index (χ2v) is 7.63. The van der Waals surface area contributed by atoms with Crippen LogP contribution in [0.3, 0.4) is 0 Å². The van der Waals surface area contributed by atoms with Crippen molar-refractivity contribution in [1.29, 1.82) is 0 Å². The molecule has 1 aliphatic rings. The van der Waals surface area contributed by atoms with Crippen LogP contribution in [0.2, 0.25) is 5.02 Å². The summed E-state index contributed by atoms with van der Waals surface area (Å²) in [6.07, 6.45) is 0. The van der Waals surface area contributed by atoms with E-state index in [9.17, 15) is 4.79 Å². The van der Waals surface area contributed by atoms with E-state index in [0.29, 0.717) is 30.5 Å². The monoisotopic (exact) mass is 389 g/mol. The van der Waals surface area contributed by atoms with Gasteiger partial charge in [0.05, 0.1) is 0 Å². The number of fused-ring (bicyclic) bond motifs is 1. The molecule has 2 aromatic rings. The molecular weight excluding hydrogens is 366 g/mol. The van der Waals surface area contributed by atoms with E-state index in [2.05, 4.69) is 19.2 Å². The van der Waals surface area contributed by atoms with Gasteiger partial charge in [-0.15, -0.1) is 0 Å². The molecule has 0 atom stereocenters. The molecule has 5 nitrogen and oxygen atoms in total. The van der Waals surface area contributed by atoms with Gasteiger partial charge in [0.2, 0.25) is 0 Å². The van der Waals surface area contributed by atoms with Crippen LogP contribution >= 0.6 is 11.6 Å². The molecule has 0 fully saturated rings. The average Bonchev–Trinajstić information content (AvgIpc) is 2.67. The van der Waals surface area contributed by atoms with E-state index in [1.807, 2.05) is 31.2 Å². The van der Waals surface area contributed by atoms with Gasteiger partial charge in [-0.05, 0) is 48.4 Å². The predicted octanol–water partition coefficient (Wildman–Crippen LogP) is 3.89. The van der Waals surface area contributed by atoms with Gasteiger partial charge in [0.15, 0.2) is 18.1 Å². The second kappa shape index (κ2) is 8.09. The van der Waals surface area contributed by atoms with E-state index < -0.39 is 0 Å². The zero-order valence-corrected chi connectivity index (χ0v) is 16.6. The number of carbonyl (C=O) groups is 1. The number of ether oxygens (including phenoxy) is 3. The first-order chi connectivity index (χ1) is 12.8. The van der Waals surface area contributed by atoms with Crippen molar-refractivity contribution in [2.45, 2.75) is 26.2 Å². The molecule has 0 unspecified atom stereocenters. The Morgan fingerprint density at radius 1 is 1.15 bits per heavy atom. The highest BCUT2D eigenvalue weighted by Gasteiger charge is 2.24. The van der Waals surface area contributed by atoms with Crippen LogP contribution < -0.4 is 19.5 Å². The lowest BCUT2D eigenvalue weighted by atomic mass is 9.84. The summed E-state index contributed by atoms with van der Waals surface area (Å²) in [5.74, 6) is 1.96. The Morgan fingerprint density at radius 3 is 2.63 bits per heavy atom. The quantitative estimate of drug-likeness (QED) is 0.814. The van der Waals surface area contributed by atoms with Crippen molar-refractivity contribution >= 4 is 17.5 Å². The van der Waals surface area contributed by atoms with Crippen LogP contribution in [0.1, 0.15) is 25.0 Å². The summed E-state index contributed by atoms with van der Waals surface area (Å²) in [6, 6.07) is 11.2. The number of hydrogen-bond acceptors (Lipinski definition) is 4. The standard InChI is InChI=1S/C21H24ClNO4/c1-14-10-16(5-6-17(14)22)27-12-20(24)23-13-21(2,3)15-4-7-18-19(11-15)26-9-8-25-18/h4-7,10-11H,8-9,12-13H2,1-3H3,(H,23,24). The minimum Gasteiger partial charge on any atom is -0.486 e. The van der Waals surface area contributed by atoms with Gasteiger partial charge in [-0.3, -0.25) is 4.79 Å². The van der Waals surface area contributed by atoms with Crippen LogP contribution in [0.25, 0.3) is 0 Å². The highest BCUT2D eigenvalue weighted by molar-refractivity contribution is 6.31. The first kappa shape index (κ1) is 19.4. The third-order valence-corrected chi connectivity index (χ3v) is 4.97. The van der Waals surface area contributed by atoms with Gasteiger partial charge in [-0.1, -0.05) is 31.5 Å². The van der Waals surface area contributed by atoms with Crippen molar-refractivity contribution in [3.05, 3.63) is 52.5 Å². The third kappa shape index (κ3) is 4.86. The molecule has 0 bridgehead atoms. The van der Waals surface area contributed by atoms with Crippen molar-refractivity contribution in [2.24, 2.45) is 0 Å². The Kier molecular flexibility index (Phi) is 5.80. The number of aryl methyl sites for hydroxylation is 1. The average molecular weight is 390 g/mol. The van der Waals surface area contributed by atoms with Gasteiger partial charge < -0.3 is 19.5 Å². The van der Waals surface area contributed by atoms with Gasteiger partial charge in [0, 0.05) is 17.0 Å². The first-order valence-electron chi connectivity index (χ1n) is 8.91. The molecule has 0 aliphatic carbocycles. The first-order valence-corrected chi connectivity index (χ1v) is 9.29. The van der Waals surface area contributed by atoms with Crippen LogP contribution in [0, 0.1) is 6.92 Å². The maximum absolute atomic E-state index is 12.2. The Labute approximate surface area is 164 Å². The summed E-state index contributed by atoms with van der Waals surface area (Å²) in [7, 11) is 0. The Hall–Kier alpha value is -2.40. The van der Waals surface area contributed by atoms with E-state index >= 15 is 0 Å². The molecule has 1 amide bonds. The summed E-state index contributed by atoms with van der Waals surface area (Å²) in [6.45, 7) is 7.59. The number of carbonyl (C=O) groups excluding carboxylic acids is 1. The summed E-state index contributed by atoms with van der Waals surface area (Å²) < 4.78 is 16.7. The van der Waals surface area contributed by atoms with Crippen LogP contribution in [0.15, 0.2) is 36.4 Å². The number of nitrogens with one attached hydrogen (secondary N) is 1. The van der Waals surface area contributed by atoms with Gasteiger partial charge in [-0.25, -0.2) is 0 Å². The molecule has 6 heteroatoms. The zero-order chi connectivity index (χ0) is 19.4. The second-order valence-electron chi connectivity index (χ2n) is 7.22. The van der Waals surface area contributed by atoms with E-state index in [1.165, 1.54) is 0 Å². The fourth-order valence-electron chi connectivity index (χ4n) is 2.79. The molecule has 0 radical (unpaired) electrons. The maximum Gasteiger partial charge on any atom is 0.257 e. The fourth-order valence-corrected chi connectivity index (χ4v) is 2.91. The number of benzene rings is 2. The molecule has 1 aliphatic heterocycles. The third-order valence-electron chi connectivity index (χ3n) is 4.55.